The van der Waals surface area contributed by atoms with Crippen molar-refractivity contribution < 1.29 is 36.3 Å². The molecule has 30 heavy (non-hydrogen) atoms. The van der Waals surface area contributed by atoms with E-state index >= 15 is 0 Å². The predicted octanol–water partition coefficient (Wildman–Crippen LogP) is 3.39. The molecule has 164 valence electrons. The van der Waals surface area contributed by atoms with Crippen LogP contribution in [0.4, 0.5) is 26.7 Å². The van der Waals surface area contributed by atoms with E-state index in [0.717, 1.165) is 6.07 Å². The number of benzene rings is 1. The van der Waals surface area contributed by atoms with Gasteiger partial charge in [0.1, 0.15) is 12.4 Å². The summed E-state index contributed by atoms with van der Waals surface area (Å²) in [5.74, 6) is -5.26. The van der Waals surface area contributed by atoms with Gasteiger partial charge in [-0.05, 0) is 31.5 Å². The van der Waals surface area contributed by atoms with Crippen molar-refractivity contribution in [1.29, 1.82) is 0 Å². The van der Waals surface area contributed by atoms with Gasteiger partial charge in [-0.15, -0.1) is 0 Å². The van der Waals surface area contributed by atoms with Crippen LogP contribution in [0.5, 0.6) is 5.75 Å². The summed E-state index contributed by atoms with van der Waals surface area (Å²) in [6.45, 7) is 2.27. The molecule has 2 aliphatic rings. The number of amides is 3. The minimum absolute atomic E-state index is 0.0365. The molecule has 0 atom stereocenters. The molecule has 0 spiro atoms. The number of nitrogens with zero attached hydrogens (tertiary/aromatic N) is 1. The Morgan fingerprint density at radius 3 is 2.53 bits per heavy atom. The summed E-state index contributed by atoms with van der Waals surface area (Å²) >= 11 is 0. The second kappa shape index (κ2) is 8.11. The molecule has 1 saturated heterocycles. The lowest BCUT2D eigenvalue weighted by Crippen LogP contribution is -2.39. The molecule has 2 aliphatic heterocycles. The first-order chi connectivity index (χ1) is 14.1. The molecule has 1 fully saturated rings. The Bertz CT molecular complexity index is 883. The van der Waals surface area contributed by atoms with Gasteiger partial charge in [-0.25, -0.2) is 4.79 Å². The van der Waals surface area contributed by atoms with Crippen molar-refractivity contribution in [2.75, 3.05) is 26.2 Å². The molecule has 0 unspecified atom stereocenters. The van der Waals surface area contributed by atoms with E-state index < -0.39 is 23.7 Å². The van der Waals surface area contributed by atoms with Gasteiger partial charge in [-0.1, -0.05) is 0 Å². The van der Waals surface area contributed by atoms with E-state index in [1.807, 2.05) is 0 Å². The lowest BCUT2D eigenvalue weighted by molar-refractivity contribution is -0.289. The van der Waals surface area contributed by atoms with Gasteiger partial charge in [0.05, 0.1) is 5.70 Å². The molecule has 1 aromatic rings. The average Bonchev–Trinajstić information content (AvgIpc) is 3.10. The van der Waals surface area contributed by atoms with Gasteiger partial charge in [0, 0.05) is 42.8 Å². The van der Waals surface area contributed by atoms with Crippen molar-refractivity contribution in [3.05, 3.63) is 34.9 Å². The van der Waals surface area contributed by atoms with E-state index in [1.54, 1.807) is 6.92 Å². The maximum Gasteiger partial charge on any atom is 0.458 e. The Morgan fingerprint density at radius 1 is 1.20 bits per heavy atom. The lowest BCUT2D eigenvalue weighted by atomic mass is 9.97. The number of carbonyl (C=O) groups is 2. The maximum atomic E-state index is 13.9. The topological polar surface area (TPSA) is 70.7 Å². The average molecular weight is 433 g/mol. The summed E-state index contributed by atoms with van der Waals surface area (Å²) in [6.07, 6.45) is -5.02. The second-order valence-electron chi connectivity index (χ2n) is 6.89. The summed E-state index contributed by atoms with van der Waals surface area (Å²) in [6, 6.07) is 1.92. The number of fused-ring (bicyclic) bond motifs is 1. The fraction of sp³-hybridized carbons (Fsp3) is 0.474. The normalized spacial score (nSPS) is 17.0. The van der Waals surface area contributed by atoms with E-state index in [2.05, 4.69) is 10.6 Å². The van der Waals surface area contributed by atoms with E-state index in [0.29, 0.717) is 30.7 Å². The van der Waals surface area contributed by atoms with Crippen LogP contribution in [-0.4, -0.2) is 49.3 Å². The lowest BCUT2D eigenvalue weighted by Gasteiger charge is -2.31. The number of alkyl halides is 5. The molecule has 3 rings (SSSR count). The zero-order valence-electron chi connectivity index (χ0n) is 16.0. The highest BCUT2D eigenvalue weighted by Gasteiger charge is 2.59. The molecule has 6 nitrogen and oxygen atoms in total. The third-order valence-electron chi connectivity index (χ3n) is 4.83. The summed E-state index contributed by atoms with van der Waals surface area (Å²) in [4.78, 5) is 25.4. The second-order valence-corrected chi connectivity index (χ2v) is 6.89. The number of rotatable bonds is 5. The number of hydrogen-bond donors (Lipinski definition) is 2. The Morgan fingerprint density at radius 2 is 1.93 bits per heavy atom. The molecular weight excluding hydrogens is 413 g/mol. The molecule has 11 heteroatoms. The monoisotopic (exact) mass is 433 g/mol. The van der Waals surface area contributed by atoms with E-state index in [1.165, 1.54) is 4.90 Å². The Hall–Kier alpha value is -2.85. The Balaban J connectivity index is 2.06. The largest absolute Gasteiger partial charge is 0.488 e. The van der Waals surface area contributed by atoms with Crippen molar-refractivity contribution >= 4 is 17.6 Å². The third kappa shape index (κ3) is 4.05. The Kier molecular flexibility index (Phi) is 5.91. The number of carbonyl (C=O) groups excluding carboxylic acids is 2. The van der Waals surface area contributed by atoms with Gasteiger partial charge < -0.3 is 20.3 Å². The van der Waals surface area contributed by atoms with Crippen molar-refractivity contribution in [2.24, 2.45) is 0 Å². The SMILES string of the molecule is CCNC(=O)NCC1=C(N2CCCC2=O)c2cc(C(F)(F)C(F)(F)F)ccc2OC1. The highest BCUT2D eigenvalue weighted by atomic mass is 19.4. The first-order valence-corrected chi connectivity index (χ1v) is 9.32. The summed E-state index contributed by atoms with van der Waals surface area (Å²) in [5.41, 5.74) is -0.683. The minimum Gasteiger partial charge on any atom is -0.488 e. The standard InChI is InChI=1S/C19H20F5N3O3/c1-2-25-17(29)26-9-11-10-30-14-6-5-12(18(20,21)19(22,23)24)8-13(14)16(11)27-7-3-4-15(27)28/h5-6,8H,2-4,7,9-10H2,1H3,(H2,25,26,29). The van der Waals surface area contributed by atoms with E-state index in [-0.39, 0.29) is 49.0 Å². The highest BCUT2D eigenvalue weighted by molar-refractivity contribution is 5.91. The number of ether oxygens (including phenoxy) is 1. The summed E-state index contributed by atoms with van der Waals surface area (Å²) < 4.78 is 71.9. The van der Waals surface area contributed by atoms with E-state index in [4.69, 9.17) is 4.74 Å². The first kappa shape index (κ1) is 21.8. The van der Waals surface area contributed by atoms with Gasteiger partial charge in [0.25, 0.3) is 0 Å². The zero-order chi connectivity index (χ0) is 22.1. The van der Waals surface area contributed by atoms with Crippen LogP contribution in [-0.2, 0) is 10.7 Å². The summed E-state index contributed by atoms with van der Waals surface area (Å²) in [7, 11) is 0. The molecule has 2 heterocycles. The fourth-order valence-corrected chi connectivity index (χ4v) is 3.39. The van der Waals surface area contributed by atoms with Crippen LogP contribution in [0.1, 0.15) is 30.9 Å². The van der Waals surface area contributed by atoms with Gasteiger partial charge >= 0.3 is 18.1 Å². The minimum atomic E-state index is -5.77. The Labute approximate surface area is 169 Å². The molecule has 0 saturated carbocycles. The van der Waals surface area contributed by atoms with Crippen LogP contribution < -0.4 is 15.4 Å². The van der Waals surface area contributed by atoms with Crippen LogP contribution in [0.2, 0.25) is 0 Å². The molecule has 1 aromatic carbocycles. The molecule has 0 radical (unpaired) electrons. The molecule has 0 aromatic heterocycles. The first-order valence-electron chi connectivity index (χ1n) is 9.32. The molecule has 2 N–H and O–H groups in total. The van der Waals surface area contributed by atoms with Gasteiger partial charge in [0.15, 0.2) is 0 Å². The number of likely N-dealkylation sites (tertiary alicyclic amines) is 1. The fourth-order valence-electron chi connectivity index (χ4n) is 3.39. The smallest absolute Gasteiger partial charge is 0.458 e. The molecule has 0 bridgehead atoms. The van der Waals surface area contributed by atoms with E-state index in [9.17, 15) is 31.5 Å². The van der Waals surface area contributed by atoms with Crippen molar-refractivity contribution in [1.82, 2.24) is 15.5 Å². The third-order valence-corrected chi connectivity index (χ3v) is 4.83. The van der Waals surface area contributed by atoms with Crippen molar-refractivity contribution in [2.45, 2.75) is 31.9 Å². The maximum absolute atomic E-state index is 13.9. The quantitative estimate of drug-likeness (QED) is 0.700. The molecule has 0 aliphatic carbocycles. The highest BCUT2D eigenvalue weighted by Crippen LogP contribution is 2.46. The van der Waals surface area contributed by atoms with Crippen molar-refractivity contribution in [3.63, 3.8) is 0 Å². The molecule has 3 amide bonds. The zero-order valence-corrected chi connectivity index (χ0v) is 16.0. The number of urea groups is 1. The number of hydrogen-bond acceptors (Lipinski definition) is 3. The molecular formula is C19H20F5N3O3. The van der Waals surface area contributed by atoms with Gasteiger partial charge in [-0.3, -0.25) is 4.79 Å². The van der Waals surface area contributed by atoms with Crippen molar-refractivity contribution in [3.8, 4) is 5.75 Å². The van der Waals surface area contributed by atoms with Gasteiger partial charge in [0.2, 0.25) is 5.91 Å². The van der Waals surface area contributed by atoms with Crippen LogP contribution in [0.25, 0.3) is 5.70 Å². The number of halogens is 5. The van der Waals surface area contributed by atoms with Crippen LogP contribution in [0.15, 0.2) is 23.8 Å². The number of nitrogens with one attached hydrogen (secondary N) is 2. The van der Waals surface area contributed by atoms with Gasteiger partial charge in [-0.2, -0.15) is 22.0 Å². The van der Waals surface area contributed by atoms with Crippen LogP contribution in [0, 0.1) is 0 Å². The van der Waals surface area contributed by atoms with Crippen LogP contribution in [0.3, 0.4) is 0 Å². The summed E-state index contributed by atoms with van der Waals surface area (Å²) in [5, 5.41) is 5.09. The van der Waals surface area contributed by atoms with Crippen LogP contribution >= 0.6 is 0 Å². The predicted molar refractivity (Wildman–Crippen MR) is 96.8 cm³/mol.